The molecule has 7 nitrogen and oxygen atoms in total. The summed E-state index contributed by atoms with van der Waals surface area (Å²) < 4.78 is 9.71. The third-order valence-electron chi connectivity index (χ3n) is 2.28. The van der Waals surface area contributed by atoms with Crippen molar-refractivity contribution >= 4 is 19.4 Å². The summed E-state index contributed by atoms with van der Waals surface area (Å²) in [6.07, 6.45) is -0.347. The summed E-state index contributed by atoms with van der Waals surface area (Å²) in [6.45, 7) is 2.56. The van der Waals surface area contributed by atoms with Crippen LogP contribution in [0.5, 0.6) is 0 Å². The summed E-state index contributed by atoms with van der Waals surface area (Å²) in [5.41, 5.74) is 5.08. The number of aliphatic hydroxyl groups excluding tert-OH is 1. The molecule has 0 saturated carbocycles. The first-order chi connectivity index (χ1) is 8.42. The van der Waals surface area contributed by atoms with Crippen LogP contribution in [0.1, 0.15) is 20.3 Å². The lowest BCUT2D eigenvalue weighted by atomic mass is 9.80. The maximum atomic E-state index is 11.6. The van der Waals surface area contributed by atoms with Gasteiger partial charge in [-0.05, 0) is 13.3 Å². The number of carbonyl (C=O) groups excluding carboxylic acids is 1. The lowest BCUT2D eigenvalue weighted by Gasteiger charge is -2.18. The molecule has 0 rings (SSSR count). The molecule has 0 aromatic carbocycles. The van der Waals surface area contributed by atoms with E-state index in [1.54, 1.807) is 6.92 Å². The number of esters is 1. The molecular weight excluding hydrogens is 241 g/mol. The first kappa shape index (κ1) is 16.9. The van der Waals surface area contributed by atoms with E-state index in [4.69, 9.17) is 25.3 Å². The van der Waals surface area contributed by atoms with Gasteiger partial charge in [0.1, 0.15) is 0 Å². The average molecular weight is 260 g/mol. The maximum Gasteiger partial charge on any atom is 0.311 e. The zero-order valence-corrected chi connectivity index (χ0v) is 10.5. The molecule has 0 amide bonds. The van der Waals surface area contributed by atoms with Crippen LogP contribution in [0.4, 0.5) is 0 Å². The number of carbonyl (C=O) groups is 2. The van der Waals surface area contributed by atoms with Crippen LogP contribution >= 0.6 is 0 Å². The second kappa shape index (κ2) is 8.90. The second-order valence-corrected chi connectivity index (χ2v) is 3.98. The van der Waals surface area contributed by atoms with Crippen LogP contribution in [0.2, 0.25) is 5.82 Å². The molecule has 1 radical (unpaired) electrons. The minimum Gasteiger partial charge on any atom is -0.481 e. The molecule has 1 unspecified atom stereocenters. The van der Waals surface area contributed by atoms with Crippen LogP contribution in [0.25, 0.3) is 0 Å². The lowest BCUT2D eigenvalue weighted by Crippen LogP contribution is -2.28. The van der Waals surface area contributed by atoms with Gasteiger partial charge in [-0.2, -0.15) is 0 Å². The summed E-state index contributed by atoms with van der Waals surface area (Å²) in [7, 11) is 1.11. The Bertz CT molecular complexity index is 275. The summed E-state index contributed by atoms with van der Waals surface area (Å²) in [5.74, 6) is -3.15. The van der Waals surface area contributed by atoms with Gasteiger partial charge >= 0.3 is 19.4 Å². The van der Waals surface area contributed by atoms with Gasteiger partial charge in [-0.25, -0.2) is 0 Å². The maximum absolute atomic E-state index is 11.6. The third-order valence-corrected chi connectivity index (χ3v) is 2.28. The SMILES string of the molecule is CC(C[C@@H](C)C(=O)O)OC(=O)[C@@H]([B]OCN)CO. The van der Waals surface area contributed by atoms with Gasteiger partial charge < -0.3 is 25.3 Å². The van der Waals surface area contributed by atoms with E-state index >= 15 is 0 Å². The molecule has 0 spiro atoms. The van der Waals surface area contributed by atoms with Gasteiger partial charge in [0.15, 0.2) is 0 Å². The molecule has 103 valence electrons. The fourth-order valence-corrected chi connectivity index (χ4v) is 1.28. The van der Waals surface area contributed by atoms with Crippen molar-refractivity contribution in [3.63, 3.8) is 0 Å². The number of carboxylic acids is 1. The van der Waals surface area contributed by atoms with Crippen molar-refractivity contribution in [3.05, 3.63) is 0 Å². The van der Waals surface area contributed by atoms with Crippen molar-refractivity contribution in [2.24, 2.45) is 11.7 Å². The number of hydrogen-bond donors (Lipinski definition) is 3. The molecule has 3 atom stereocenters. The quantitative estimate of drug-likeness (QED) is 0.286. The van der Waals surface area contributed by atoms with Gasteiger partial charge in [-0.15, -0.1) is 0 Å². The van der Waals surface area contributed by atoms with Crippen molar-refractivity contribution in [2.75, 3.05) is 13.3 Å². The number of carboxylic acid groups (broad SMARTS) is 1. The highest BCUT2D eigenvalue weighted by atomic mass is 16.5. The lowest BCUT2D eigenvalue weighted by molar-refractivity contribution is -0.152. The Kier molecular flexibility index (Phi) is 8.35. The van der Waals surface area contributed by atoms with Crippen LogP contribution in [0.15, 0.2) is 0 Å². The van der Waals surface area contributed by atoms with Gasteiger partial charge in [0.05, 0.1) is 31.2 Å². The first-order valence-electron chi connectivity index (χ1n) is 5.61. The van der Waals surface area contributed by atoms with Crippen LogP contribution in [0, 0.1) is 5.92 Å². The summed E-state index contributed by atoms with van der Waals surface area (Å²) in [4.78, 5) is 22.2. The Balaban J connectivity index is 4.15. The smallest absolute Gasteiger partial charge is 0.311 e. The molecule has 0 aromatic heterocycles. The Hall–Kier alpha value is -1.12. The standard InChI is InChI=1S/C10H19BNO6/c1-6(9(14)15)3-7(2)18-10(16)8(4-13)11-17-5-12/h6-8,13H,3-5,12H2,1-2H3,(H,14,15)/t6-,7?,8+/m1/s1. The molecule has 0 bridgehead atoms. The van der Waals surface area contributed by atoms with Gasteiger partial charge in [-0.1, -0.05) is 6.92 Å². The number of nitrogens with two attached hydrogens (primary N) is 1. The zero-order chi connectivity index (χ0) is 14.1. The fraction of sp³-hybridized carbons (Fsp3) is 0.800. The molecular formula is C10H19BNO6. The van der Waals surface area contributed by atoms with Crippen LogP contribution in [0.3, 0.4) is 0 Å². The Morgan fingerprint density at radius 1 is 1.39 bits per heavy atom. The Morgan fingerprint density at radius 2 is 2.00 bits per heavy atom. The molecule has 0 fully saturated rings. The van der Waals surface area contributed by atoms with Crippen molar-refractivity contribution in [1.82, 2.24) is 0 Å². The first-order valence-corrected chi connectivity index (χ1v) is 5.61. The highest BCUT2D eigenvalue weighted by Gasteiger charge is 2.25. The normalized spacial score (nSPS) is 15.6. The van der Waals surface area contributed by atoms with E-state index in [0.717, 1.165) is 7.48 Å². The van der Waals surface area contributed by atoms with Gasteiger partial charge in [-0.3, -0.25) is 9.59 Å². The Morgan fingerprint density at radius 3 is 2.44 bits per heavy atom. The molecule has 18 heavy (non-hydrogen) atoms. The summed E-state index contributed by atoms with van der Waals surface area (Å²) >= 11 is 0. The van der Waals surface area contributed by atoms with E-state index in [1.807, 2.05) is 0 Å². The minimum absolute atomic E-state index is 0.102. The van der Waals surface area contributed by atoms with Gasteiger partial charge in [0.2, 0.25) is 0 Å². The van der Waals surface area contributed by atoms with E-state index < -0.39 is 36.4 Å². The molecule has 0 saturated heterocycles. The van der Waals surface area contributed by atoms with Crippen molar-refractivity contribution in [3.8, 4) is 0 Å². The number of hydrogen-bond acceptors (Lipinski definition) is 6. The van der Waals surface area contributed by atoms with E-state index in [9.17, 15) is 9.59 Å². The van der Waals surface area contributed by atoms with Crippen molar-refractivity contribution in [2.45, 2.75) is 32.2 Å². The van der Waals surface area contributed by atoms with E-state index in [1.165, 1.54) is 6.92 Å². The molecule has 0 heterocycles. The molecule has 0 aliphatic heterocycles. The topological polar surface area (TPSA) is 119 Å². The van der Waals surface area contributed by atoms with Gasteiger partial charge in [0, 0.05) is 0 Å². The summed E-state index contributed by atoms with van der Waals surface area (Å²) in [5, 5.41) is 17.7. The minimum atomic E-state index is -0.949. The summed E-state index contributed by atoms with van der Waals surface area (Å²) in [6, 6.07) is 0. The zero-order valence-electron chi connectivity index (χ0n) is 10.5. The van der Waals surface area contributed by atoms with Crippen LogP contribution in [-0.2, 0) is 19.0 Å². The number of aliphatic hydroxyl groups is 1. The van der Waals surface area contributed by atoms with Crippen molar-refractivity contribution < 1.29 is 29.2 Å². The molecule has 0 aliphatic rings. The number of aliphatic carboxylic acids is 1. The fourth-order valence-electron chi connectivity index (χ4n) is 1.28. The van der Waals surface area contributed by atoms with Crippen LogP contribution in [-0.4, -0.2) is 49.1 Å². The monoisotopic (exact) mass is 260 g/mol. The molecule has 0 aliphatic carbocycles. The molecule has 0 aromatic rings. The predicted octanol–water partition coefficient (Wildman–Crippen LogP) is -0.638. The highest BCUT2D eigenvalue weighted by molar-refractivity contribution is 6.36. The number of ether oxygens (including phenoxy) is 1. The third kappa shape index (κ3) is 6.58. The number of rotatable bonds is 9. The van der Waals surface area contributed by atoms with Crippen molar-refractivity contribution in [1.29, 1.82) is 0 Å². The second-order valence-electron chi connectivity index (χ2n) is 3.98. The molecule has 4 N–H and O–H groups in total. The Labute approximate surface area is 107 Å². The predicted molar refractivity (Wildman–Crippen MR) is 63.7 cm³/mol. The van der Waals surface area contributed by atoms with E-state index in [0.29, 0.717) is 0 Å². The van der Waals surface area contributed by atoms with E-state index in [-0.39, 0.29) is 13.2 Å². The highest BCUT2D eigenvalue weighted by Crippen LogP contribution is 2.13. The van der Waals surface area contributed by atoms with Crippen LogP contribution < -0.4 is 5.73 Å². The van der Waals surface area contributed by atoms with Gasteiger partial charge in [0.25, 0.3) is 0 Å². The largest absolute Gasteiger partial charge is 0.481 e. The molecule has 8 heteroatoms. The average Bonchev–Trinajstić information content (AvgIpc) is 2.29. The van der Waals surface area contributed by atoms with E-state index in [2.05, 4.69) is 0 Å².